The highest BCUT2D eigenvalue weighted by molar-refractivity contribution is 6.06. The molecule has 1 aliphatic carbocycles. The zero-order valence-corrected chi connectivity index (χ0v) is 10.6. The zero-order valence-electron chi connectivity index (χ0n) is 10.6. The number of benzene rings is 1. The molecule has 1 aliphatic rings. The normalized spacial score (nSPS) is 16.9. The van der Waals surface area contributed by atoms with Crippen molar-refractivity contribution >= 4 is 23.5 Å². The van der Waals surface area contributed by atoms with E-state index in [-0.39, 0.29) is 23.3 Å². The van der Waals surface area contributed by atoms with Gasteiger partial charge in [0.1, 0.15) is 5.69 Å². The minimum Gasteiger partial charge on any atom is -0.356 e. The van der Waals surface area contributed by atoms with Gasteiger partial charge in [-0.05, 0) is 17.7 Å². The van der Waals surface area contributed by atoms with Gasteiger partial charge in [-0.2, -0.15) is 0 Å². The summed E-state index contributed by atoms with van der Waals surface area (Å²) in [5.74, 6) is -0.408. The molecule has 0 aliphatic heterocycles. The molecule has 1 atom stereocenters. The molecule has 0 radical (unpaired) electrons. The van der Waals surface area contributed by atoms with E-state index >= 15 is 0 Å². The molecule has 0 aromatic heterocycles. The maximum atomic E-state index is 12.3. The van der Waals surface area contributed by atoms with Gasteiger partial charge < -0.3 is 5.32 Å². The van der Waals surface area contributed by atoms with Crippen LogP contribution >= 0.6 is 0 Å². The van der Waals surface area contributed by atoms with Gasteiger partial charge in [-0.3, -0.25) is 9.59 Å². The van der Waals surface area contributed by atoms with E-state index in [1.807, 2.05) is 0 Å². The smallest absolute Gasteiger partial charge is 0.216 e. The number of nitrogens with one attached hydrogen (secondary N) is 1. The molecule has 1 unspecified atom stereocenters. The Morgan fingerprint density at radius 1 is 1.42 bits per heavy atom. The molecule has 0 spiro atoms. The van der Waals surface area contributed by atoms with Crippen molar-refractivity contribution in [3.05, 3.63) is 40.3 Å². The SMILES string of the molecule is CC(=O)NCCC1C=Cc2c(N=O)cccc2C1=O. The molecule has 2 rings (SSSR count). The quantitative estimate of drug-likeness (QED) is 0.843. The fourth-order valence-electron chi connectivity index (χ4n) is 2.15. The van der Waals surface area contributed by atoms with E-state index in [9.17, 15) is 14.5 Å². The Balaban J connectivity index is 2.17. The summed E-state index contributed by atoms with van der Waals surface area (Å²) in [7, 11) is 0. The Morgan fingerprint density at radius 2 is 2.21 bits per heavy atom. The van der Waals surface area contributed by atoms with Crippen LogP contribution in [0, 0.1) is 10.8 Å². The van der Waals surface area contributed by atoms with Crippen LogP contribution < -0.4 is 5.32 Å². The Labute approximate surface area is 110 Å². The highest BCUT2D eigenvalue weighted by Crippen LogP contribution is 2.31. The van der Waals surface area contributed by atoms with Crippen LogP contribution in [0.5, 0.6) is 0 Å². The van der Waals surface area contributed by atoms with Gasteiger partial charge in [0.25, 0.3) is 0 Å². The molecule has 1 N–H and O–H groups in total. The van der Waals surface area contributed by atoms with Crippen LogP contribution in [0.2, 0.25) is 0 Å². The number of allylic oxidation sites excluding steroid dienone is 1. The molecule has 1 aromatic rings. The fourth-order valence-corrected chi connectivity index (χ4v) is 2.15. The van der Waals surface area contributed by atoms with Crippen LogP contribution in [0.25, 0.3) is 6.08 Å². The second kappa shape index (κ2) is 5.56. The molecule has 5 heteroatoms. The van der Waals surface area contributed by atoms with E-state index in [0.29, 0.717) is 24.1 Å². The molecular weight excluding hydrogens is 244 g/mol. The molecule has 0 heterocycles. The Hall–Kier alpha value is -2.30. The Bertz CT molecular complexity index is 564. The van der Waals surface area contributed by atoms with Crippen molar-refractivity contribution in [2.45, 2.75) is 13.3 Å². The topological polar surface area (TPSA) is 75.6 Å². The summed E-state index contributed by atoms with van der Waals surface area (Å²) in [5, 5.41) is 5.58. The molecule has 0 saturated carbocycles. The second-order valence-corrected chi connectivity index (χ2v) is 4.43. The predicted octanol–water partition coefficient (Wildman–Crippen LogP) is 2.44. The number of carbonyl (C=O) groups is 2. The van der Waals surface area contributed by atoms with E-state index in [0.717, 1.165) is 0 Å². The summed E-state index contributed by atoms with van der Waals surface area (Å²) in [6.45, 7) is 1.90. The van der Waals surface area contributed by atoms with Gasteiger partial charge in [0.05, 0.1) is 0 Å². The number of hydrogen-bond donors (Lipinski definition) is 1. The molecule has 98 valence electrons. The largest absolute Gasteiger partial charge is 0.356 e. The number of amides is 1. The van der Waals surface area contributed by atoms with Gasteiger partial charge in [-0.15, -0.1) is 4.91 Å². The number of fused-ring (bicyclic) bond motifs is 1. The second-order valence-electron chi connectivity index (χ2n) is 4.43. The van der Waals surface area contributed by atoms with Crippen LogP contribution in [-0.2, 0) is 4.79 Å². The Morgan fingerprint density at radius 3 is 2.89 bits per heavy atom. The van der Waals surface area contributed by atoms with Gasteiger partial charge in [0.2, 0.25) is 5.91 Å². The summed E-state index contributed by atoms with van der Waals surface area (Å²) < 4.78 is 0. The third-order valence-corrected chi connectivity index (χ3v) is 3.11. The summed E-state index contributed by atoms with van der Waals surface area (Å²) in [6, 6.07) is 4.93. The van der Waals surface area contributed by atoms with Crippen LogP contribution in [0.4, 0.5) is 5.69 Å². The van der Waals surface area contributed by atoms with E-state index < -0.39 is 0 Å². The average Bonchev–Trinajstić information content (AvgIpc) is 2.40. The van der Waals surface area contributed by atoms with Crippen LogP contribution in [-0.4, -0.2) is 18.2 Å². The van der Waals surface area contributed by atoms with Crippen molar-refractivity contribution in [3.63, 3.8) is 0 Å². The molecule has 19 heavy (non-hydrogen) atoms. The number of carbonyl (C=O) groups excluding carboxylic acids is 2. The van der Waals surface area contributed by atoms with E-state index in [2.05, 4.69) is 10.5 Å². The standard InChI is InChI=1S/C14H14N2O3/c1-9(17)15-8-7-10-5-6-11-12(14(10)18)3-2-4-13(11)16-19/h2-6,10H,7-8H2,1H3,(H,15,17). The highest BCUT2D eigenvalue weighted by Gasteiger charge is 2.24. The van der Waals surface area contributed by atoms with Crippen LogP contribution in [0.15, 0.2) is 29.5 Å². The van der Waals surface area contributed by atoms with E-state index in [1.54, 1.807) is 30.4 Å². The van der Waals surface area contributed by atoms with Crippen molar-refractivity contribution in [3.8, 4) is 0 Å². The first-order valence-corrected chi connectivity index (χ1v) is 6.06. The number of hydrogen-bond acceptors (Lipinski definition) is 4. The summed E-state index contributed by atoms with van der Waals surface area (Å²) in [6.07, 6.45) is 4.07. The lowest BCUT2D eigenvalue weighted by Crippen LogP contribution is -2.26. The average molecular weight is 258 g/mol. The molecule has 0 fully saturated rings. The summed E-state index contributed by atoms with van der Waals surface area (Å²) in [5.41, 5.74) is 1.38. The van der Waals surface area contributed by atoms with E-state index in [4.69, 9.17) is 0 Å². The summed E-state index contributed by atoms with van der Waals surface area (Å²) in [4.78, 5) is 33.7. The predicted molar refractivity (Wildman–Crippen MR) is 72.1 cm³/mol. The maximum absolute atomic E-state index is 12.3. The molecule has 5 nitrogen and oxygen atoms in total. The van der Waals surface area contributed by atoms with E-state index in [1.165, 1.54) is 6.92 Å². The van der Waals surface area contributed by atoms with Gasteiger partial charge in [0.15, 0.2) is 5.78 Å². The monoisotopic (exact) mass is 258 g/mol. The lowest BCUT2D eigenvalue weighted by molar-refractivity contribution is -0.118. The third kappa shape index (κ3) is 2.76. The lowest BCUT2D eigenvalue weighted by atomic mass is 9.86. The van der Waals surface area contributed by atoms with Crippen LogP contribution in [0.3, 0.4) is 0 Å². The van der Waals surface area contributed by atoms with Gasteiger partial charge >= 0.3 is 0 Å². The molecule has 0 saturated heterocycles. The van der Waals surface area contributed by atoms with Crippen molar-refractivity contribution < 1.29 is 9.59 Å². The minimum absolute atomic E-state index is 0.0339. The number of rotatable bonds is 4. The molecule has 0 bridgehead atoms. The van der Waals surface area contributed by atoms with Gasteiger partial charge in [-0.25, -0.2) is 0 Å². The molecule has 1 amide bonds. The minimum atomic E-state index is -0.263. The van der Waals surface area contributed by atoms with Crippen LogP contribution in [0.1, 0.15) is 29.3 Å². The van der Waals surface area contributed by atoms with Crippen molar-refractivity contribution in [2.24, 2.45) is 11.1 Å². The van der Waals surface area contributed by atoms with Crippen molar-refractivity contribution in [1.29, 1.82) is 0 Å². The Kier molecular flexibility index (Phi) is 3.85. The highest BCUT2D eigenvalue weighted by atomic mass is 16.3. The van der Waals surface area contributed by atoms with Gasteiger partial charge in [0, 0.05) is 30.5 Å². The first-order valence-electron chi connectivity index (χ1n) is 6.06. The van der Waals surface area contributed by atoms with Crippen molar-refractivity contribution in [1.82, 2.24) is 5.32 Å². The zero-order chi connectivity index (χ0) is 13.8. The first kappa shape index (κ1) is 13.1. The van der Waals surface area contributed by atoms with Gasteiger partial charge in [-0.1, -0.05) is 24.3 Å². The number of Topliss-reactive ketones (excluding diaryl/α,β-unsaturated/α-hetero) is 1. The number of nitrogens with zero attached hydrogens (tertiary/aromatic N) is 1. The number of nitroso groups, excluding NO2 is 1. The molecular formula is C14H14N2O3. The first-order chi connectivity index (χ1) is 9.13. The molecule has 1 aromatic carbocycles. The maximum Gasteiger partial charge on any atom is 0.216 e. The number of ketones is 1. The van der Waals surface area contributed by atoms with Crippen molar-refractivity contribution in [2.75, 3.05) is 6.54 Å². The lowest BCUT2D eigenvalue weighted by Gasteiger charge is -2.18. The summed E-state index contributed by atoms with van der Waals surface area (Å²) >= 11 is 0. The third-order valence-electron chi connectivity index (χ3n) is 3.11. The fraction of sp³-hybridized carbons (Fsp3) is 0.286.